The Morgan fingerprint density at radius 2 is 2.00 bits per heavy atom. The Morgan fingerprint density at radius 1 is 1.22 bits per heavy atom. The lowest BCUT2D eigenvalue weighted by molar-refractivity contribution is 0.261. The molecule has 0 heterocycles. The molecule has 1 aliphatic rings. The van der Waals surface area contributed by atoms with Crippen LogP contribution < -0.4 is 10.1 Å². The summed E-state index contributed by atoms with van der Waals surface area (Å²) < 4.78 is 6.25. The lowest BCUT2D eigenvalue weighted by Crippen LogP contribution is -2.30. The molecule has 3 unspecified atom stereocenters. The minimum Gasteiger partial charge on any atom is -0.496 e. The number of nitrogens with one attached hydrogen (secondary N) is 1. The zero-order valence-corrected chi connectivity index (χ0v) is 13.0. The molecule has 0 radical (unpaired) electrons. The van der Waals surface area contributed by atoms with Gasteiger partial charge in [-0.15, -0.1) is 0 Å². The van der Waals surface area contributed by atoms with Gasteiger partial charge >= 0.3 is 0 Å². The van der Waals surface area contributed by atoms with E-state index in [4.69, 9.17) is 4.74 Å². The second kappa shape index (κ2) is 5.96. The van der Waals surface area contributed by atoms with Gasteiger partial charge in [-0.3, -0.25) is 0 Å². The quantitative estimate of drug-likeness (QED) is 0.874. The first kappa shape index (κ1) is 13.7. The largest absolute Gasteiger partial charge is 0.496 e. The van der Waals surface area contributed by atoms with Gasteiger partial charge in [0.15, 0.2) is 0 Å². The van der Waals surface area contributed by atoms with Crippen LogP contribution in [0.4, 0.5) is 5.69 Å². The molecule has 0 saturated heterocycles. The van der Waals surface area contributed by atoms with Gasteiger partial charge in [-0.2, -0.15) is 0 Å². The fourth-order valence-corrected chi connectivity index (χ4v) is 3.21. The van der Waals surface area contributed by atoms with Crippen molar-refractivity contribution in [3.8, 4) is 5.75 Å². The van der Waals surface area contributed by atoms with Crippen molar-refractivity contribution < 1.29 is 4.74 Å². The van der Waals surface area contributed by atoms with Gasteiger partial charge in [0.05, 0.1) is 11.6 Å². The number of hydrogen-bond donors (Lipinski definition) is 1. The Kier molecular flexibility index (Phi) is 4.55. The van der Waals surface area contributed by atoms with Gasteiger partial charge in [-0.25, -0.2) is 0 Å². The van der Waals surface area contributed by atoms with Crippen LogP contribution in [0.3, 0.4) is 0 Å². The Bertz CT molecular complexity index is 407. The van der Waals surface area contributed by atoms with Crippen LogP contribution in [0.5, 0.6) is 5.75 Å². The number of benzene rings is 1. The highest BCUT2D eigenvalue weighted by molar-refractivity contribution is 9.10. The molecule has 3 heteroatoms. The van der Waals surface area contributed by atoms with Crippen LogP contribution in [0, 0.1) is 11.8 Å². The standard InChI is InChI=1S/C15H22BrNO/c1-10-4-5-12(8-11(10)2)17-13-6-7-15(18-3)14(16)9-13/h6-7,9-12,17H,4-5,8H2,1-3H3. The van der Waals surface area contributed by atoms with Crippen molar-refractivity contribution in [1.82, 2.24) is 0 Å². The second-order valence-corrected chi connectivity index (χ2v) is 6.31. The maximum absolute atomic E-state index is 5.25. The third-order valence-electron chi connectivity index (χ3n) is 4.12. The van der Waals surface area contributed by atoms with Gasteiger partial charge in [0.25, 0.3) is 0 Å². The summed E-state index contributed by atoms with van der Waals surface area (Å²) >= 11 is 3.53. The van der Waals surface area contributed by atoms with Crippen LogP contribution in [0.1, 0.15) is 33.1 Å². The molecule has 2 nitrogen and oxygen atoms in total. The lowest BCUT2D eigenvalue weighted by Gasteiger charge is -2.33. The lowest BCUT2D eigenvalue weighted by atomic mass is 9.79. The maximum Gasteiger partial charge on any atom is 0.133 e. The van der Waals surface area contributed by atoms with E-state index in [1.54, 1.807) is 7.11 Å². The summed E-state index contributed by atoms with van der Waals surface area (Å²) in [6.07, 6.45) is 3.87. The molecule has 0 amide bonds. The van der Waals surface area contributed by atoms with E-state index in [2.05, 4.69) is 47.2 Å². The van der Waals surface area contributed by atoms with Crippen LogP contribution >= 0.6 is 15.9 Å². The summed E-state index contributed by atoms with van der Waals surface area (Å²) in [5.74, 6) is 2.56. The zero-order valence-electron chi connectivity index (χ0n) is 11.4. The molecular formula is C15H22BrNO. The van der Waals surface area contributed by atoms with E-state index in [-0.39, 0.29) is 0 Å². The first-order valence-electron chi connectivity index (χ1n) is 6.70. The van der Waals surface area contributed by atoms with Gasteiger partial charge in [-0.1, -0.05) is 13.8 Å². The molecule has 0 bridgehead atoms. The number of halogens is 1. The van der Waals surface area contributed by atoms with Crippen molar-refractivity contribution >= 4 is 21.6 Å². The second-order valence-electron chi connectivity index (χ2n) is 5.46. The van der Waals surface area contributed by atoms with E-state index >= 15 is 0 Å². The van der Waals surface area contributed by atoms with Crippen molar-refractivity contribution in [1.29, 1.82) is 0 Å². The van der Waals surface area contributed by atoms with Crippen LogP contribution in [0.25, 0.3) is 0 Å². The Morgan fingerprint density at radius 3 is 2.61 bits per heavy atom. The first-order valence-corrected chi connectivity index (χ1v) is 7.49. The van der Waals surface area contributed by atoms with E-state index in [1.165, 1.54) is 24.9 Å². The highest BCUT2D eigenvalue weighted by Crippen LogP contribution is 2.33. The molecule has 2 rings (SSSR count). The highest BCUT2D eigenvalue weighted by Gasteiger charge is 2.24. The highest BCUT2D eigenvalue weighted by atomic mass is 79.9. The Hall–Kier alpha value is -0.700. The van der Waals surface area contributed by atoms with Gasteiger partial charge in [0.1, 0.15) is 5.75 Å². The van der Waals surface area contributed by atoms with E-state index in [1.807, 2.05) is 6.07 Å². The summed E-state index contributed by atoms with van der Waals surface area (Å²) in [6.45, 7) is 4.73. The number of ether oxygens (including phenoxy) is 1. The SMILES string of the molecule is COc1ccc(NC2CCC(C)C(C)C2)cc1Br. The molecular weight excluding hydrogens is 290 g/mol. The minimum absolute atomic E-state index is 0.608. The normalized spacial score (nSPS) is 27.9. The minimum atomic E-state index is 0.608. The molecule has 3 atom stereocenters. The monoisotopic (exact) mass is 311 g/mol. The van der Waals surface area contributed by atoms with E-state index in [0.29, 0.717) is 6.04 Å². The van der Waals surface area contributed by atoms with Gasteiger partial charge < -0.3 is 10.1 Å². The van der Waals surface area contributed by atoms with Gasteiger partial charge in [0, 0.05) is 11.7 Å². The van der Waals surface area contributed by atoms with Crippen molar-refractivity contribution in [3.05, 3.63) is 22.7 Å². The number of methoxy groups -OCH3 is 1. The summed E-state index contributed by atoms with van der Waals surface area (Å²) in [7, 11) is 1.69. The Balaban J connectivity index is 1.99. The third kappa shape index (κ3) is 3.19. The van der Waals surface area contributed by atoms with Crippen LogP contribution in [0.2, 0.25) is 0 Å². The van der Waals surface area contributed by atoms with Crippen LogP contribution in [-0.2, 0) is 0 Å². The van der Waals surface area contributed by atoms with Crippen molar-refractivity contribution in [2.75, 3.05) is 12.4 Å². The fourth-order valence-electron chi connectivity index (χ4n) is 2.67. The molecule has 1 saturated carbocycles. The van der Waals surface area contributed by atoms with Gasteiger partial charge in [0.2, 0.25) is 0 Å². The molecule has 0 aromatic heterocycles. The molecule has 1 aliphatic carbocycles. The first-order chi connectivity index (χ1) is 8.60. The predicted octanol–water partition coefficient (Wildman–Crippen LogP) is 4.69. The van der Waals surface area contributed by atoms with Crippen molar-refractivity contribution in [2.24, 2.45) is 11.8 Å². The Labute approximate surface area is 118 Å². The number of rotatable bonds is 3. The van der Waals surface area contributed by atoms with E-state index in [0.717, 1.165) is 22.1 Å². The van der Waals surface area contributed by atoms with E-state index < -0.39 is 0 Å². The van der Waals surface area contributed by atoms with E-state index in [9.17, 15) is 0 Å². The topological polar surface area (TPSA) is 21.3 Å². The molecule has 0 spiro atoms. The average molecular weight is 312 g/mol. The van der Waals surface area contributed by atoms with Crippen LogP contribution in [-0.4, -0.2) is 13.2 Å². The third-order valence-corrected chi connectivity index (χ3v) is 4.74. The summed E-state index contributed by atoms with van der Waals surface area (Å²) in [5, 5.41) is 3.64. The summed E-state index contributed by atoms with van der Waals surface area (Å²) in [4.78, 5) is 0. The zero-order chi connectivity index (χ0) is 13.1. The molecule has 1 N–H and O–H groups in total. The maximum atomic E-state index is 5.25. The number of anilines is 1. The smallest absolute Gasteiger partial charge is 0.133 e. The van der Waals surface area contributed by atoms with Crippen molar-refractivity contribution in [3.63, 3.8) is 0 Å². The molecule has 1 aromatic carbocycles. The fraction of sp³-hybridized carbons (Fsp3) is 0.600. The molecule has 0 aliphatic heterocycles. The molecule has 100 valence electrons. The molecule has 1 fully saturated rings. The average Bonchev–Trinajstić information content (AvgIpc) is 2.34. The summed E-state index contributed by atoms with van der Waals surface area (Å²) in [6, 6.07) is 6.80. The van der Waals surface area contributed by atoms with Crippen LogP contribution in [0.15, 0.2) is 22.7 Å². The van der Waals surface area contributed by atoms with Gasteiger partial charge in [-0.05, 0) is 65.2 Å². The summed E-state index contributed by atoms with van der Waals surface area (Å²) in [5.41, 5.74) is 1.18. The molecule has 1 aromatic rings. The number of hydrogen-bond acceptors (Lipinski definition) is 2. The molecule has 18 heavy (non-hydrogen) atoms. The predicted molar refractivity (Wildman–Crippen MR) is 80.3 cm³/mol. The van der Waals surface area contributed by atoms with Crippen molar-refractivity contribution in [2.45, 2.75) is 39.2 Å².